The summed E-state index contributed by atoms with van der Waals surface area (Å²) in [5, 5.41) is 9.50. The molecule has 0 amide bonds. The van der Waals surface area contributed by atoms with Crippen molar-refractivity contribution in [2.75, 3.05) is 18.1 Å². The lowest BCUT2D eigenvalue weighted by Gasteiger charge is -2.24. The number of halogens is 3. The van der Waals surface area contributed by atoms with Crippen molar-refractivity contribution in [3.05, 3.63) is 59.7 Å². The maximum absolute atomic E-state index is 12.3. The summed E-state index contributed by atoms with van der Waals surface area (Å²) in [5.41, 5.74) is 8.28. The summed E-state index contributed by atoms with van der Waals surface area (Å²) < 4.78 is 2.97. The van der Waals surface area contributed by atoms with E-state index in [4.69, 9.17) is 45.3 Å². The Labute approximate surface area is 187 Å². The molecule has 2 aromatic rings. The Morgan fingerprint density at radius 2 is 1.55 bits per heavy atom. The Balaban J connectivity index is 1.72. The van der Waals surface area contributed by atoms with Gasteiger partial charge in [0, 0.05) is 17.4 Å². The molecule has 5 nitrogen and oxygen atoms in total. The van der Waals surface area contributed by atoms with Gasteiger partial charge in [-0.05, 0) is 22.3 Å². The molecule has 0 aromatic heterocycles. The Bertz CT molecular complexity index is 888. The number of hydrogen-bond donors (Lipinski definition) is 2. The number of carbonyl (C=O) groups excluding carboxylic acids is 1. The molecule has 0 unspecified atom stereocenters. The molecule has 0 heterocycles. The van der Waals surface area contributed by atoms with Crippen LogP contribution in [0.2, 0.25) is 0 Å². The second-order valence-electron chi connectivity index (χ2n) is 6.71. The number of rotatable bonds is 7. The van der Waals surface area contributed by atoms with E-state index in [1.807, 2.05) is 24.3 Å². The molecule has 1 aliphatic carbocycles. The minimum Gasteiger partial charge on any atom is -0.479 e. The first-order valence-corrected chi connectivity index (χ1v) is 10.9. The van der Waals surface area contributed by atoms with Crippen molar-refractivity contribution in [3.8, 4) is 11.1 Å². The van der Waals surface area contributed by atoms with Crippen LogP contribution in [0.15, 0.2) is 48.5 Å². The van der Waals surface area contributed by atoms with Gasteiger partial charge in [-0.1, -0.05) is 83.3 Å². The van der Waals surface area contributed by atoms with Crippen LogP contribution in [0.4, 0.5) is 0 Å². The molecule has 0 radical (unpaired) electrons. The zero-order chi connectivity index (χ0) is 21.2. The van der Waals surface area contributed by atoms with Gasteiger partial charge in [-0.3, -0.25) is 0 Å². The molecule has 0 saturated carbocycles. The van der Waals surface area contributed by atoms with E-state index >= 15 is 0 Å². The fraction of sp³-hybridized carbons (Fsp3) is 0.300. The molecule has 0 fully saturated rings. The molecule has 3 N–H and O–H groups in total. The van der Waals surface area contributed by atoms with Gasteiger partial charge < -0.3 is 15.6 Å². The van der Waals surface area contributed by atoms with Gasteiger partial charge in [-0.15, -0.1) is 0 Å². The van der Waals surface area contributed by atoms with Crippen molar-refractivity contribution in [1.82, 2.24) is 0 Å². The van der Waals surface area contributed by atoms with Crippen LogP contribution in [0, 0.1) is 0 Å². The minimum atomic E-state index is -2.24. The van der Waals surface area contributed by atoms with Crippen molar-refractivity contribution < 1.29 is 19.4 Å². The van der Waals surface area contributed by atoms with Crippen LogP contribution < -0.4 is 5.73 Å². The van der Waals surface area contributed by atoms with Crippen molar-refractivity contribution in [1.29, 1.82) is 0 Å². The van der Waals surface area contributed by atoms with Gasteiger partial charge in [0.2, 0.25) is 9.33 Å². The van der Waals surface area contributed by atoms with E-state index in [-0.39, 0.29) is 11.7 Å². The number of carboxylic acid groups (broad SMARTS) is 1. The highest BCUT2D eigenvalue weighted by atomic mass is 35.6. The number of ether oxygens (including phenoxy) is 1. The van der Waals surface area contributed by atoms with Gasteiger partial charge in [0.15, 0.2) is 0 Å². The number of fused-ring (bicyclic) bond motifs is 3. The number of carbonyl (C=O) groups is 2. The summed E-state index contributed by atoms with van der Waals surface area (Å²) in [6, 6.07) is 16.2. The van der Waals surface area contributed by atoms with Gasteiger partial charge in [0.05, 0.1) is 0 Å². The van der Waals surface area contributed by atoms with E-state index in [1.165, 1.54) is 11.8 Å². The second-order valence-corrected chi connectivity index (χ2v) is 10.3. The lowest BCUT2D eigenvalue weighted by Crippen LogP contribution is -2.58. The first-order valence-electron chi connectivity index (χ1n) is 8.66. The lowest BCUT2D eigenvalue weighted by molar-refractivity contribution is -0.159. The Hall–Kier alpha value is -1.44. The predicted octanol–water partition coefficient (Wildman–Crippen LogP) is 4.23. The SMILES string of the molecule is N[C@@](CSCC1c2ccccc2-c2ccccc21)(C(=O)O)C(=O)OCC(Cl)(Cl)Cl. The molecule has 0 saturated heterocycles. The molecule has 2 aromatic carbocycles. The molecule has 9 heteroatoms. The largest absolute Gasteiger partial charge is 0.479 e. The lowest BCUT2D eigenvalue weighted by atomic mass is 9.99. The first-order chi connectivity index (χ1) is 13.6. The molecule has 0 aliphatic heterocycles. The molecule has 29 heavy (non-hydrogen) atoms. The van der Waals surface area contributed by atoms with Crippen molar-refractivity contribution >= 4 is 58.5 Å². The smallest absolute Gasteiger partial charge is 0.338 e. The molecule has 0 bridgehead atoms. The average Bonchev–Trinajstić information content (AvgIpc) is 2.99. The van der Waals surface area contributed by atoms with Gasteiger partial charge in [0.25, 0.3) is 0 Å². The first kappa shape index (κ1) is 22.2. The quantitative estimate of drug-likeness (QED) is 0.355. The highest BCUT2D eigenvalue weighted by molar-refractivity contribution is 7.99. The zero-order valence-corrected chi connectivity index (χ0v) is 18.2. The number of aliphatic carboxylic acids is 1. The summed E-state index contributed by atoms with van der Waals surface area (Å²) in [6.45, 7) is -0.587. The minimum absolute atomic E-state index is 0.0719. The van der Waals surface area contributed by atoms with Crippen LogP contribution in [-0.4, -0.2) is 44.5 Å². The summed E-state index contributed by atoms with van der Waals surface area (Å²) in [4.78, 5) is 23.9. The summed E-state index contributed by atoms with van der Waals surface area (Å²) >= 11 is 17.9. The van der Waals surface area contributed by atoms with E-state index < -0.39 is 27.9 Å². The highest BCUT2D eigenvalue weighted by Crippen LogP contribution is 2.45. The number of benzene rings is 2. The normalized spacial score (nSPS) is 15.3. The van der Waals surface area contributed by atoms with E-state index in [2.05, 4.69) is 24.3 Å². The van der Waals surface area contributed by atoms with Gasteiger partial charge >= 0.3 is 11.9 Å². The van der Waals surface area contributed by atoms with Crippen molar-refractivity contribution in [2.24, 2.45) is 5.73 Å². The summed E-state index contributed by atoms with van der Waals surface area (Å²) in [5.74, 6) is -2.19. The number of thioether (sulfide) groups is 1. The maximum atomic E-state index is 12.3. The number of esters is 1. The van der Waals surface area contributed by atoms with Crippen LogP contribution >= 0.6 is 46.6 Å². The predicted molar refractivity (Wildman–Crippen MR) is 117 cm³/mol. The number of carboxylic acids is 1. The molecule has 0 spiro atoms. The summed E-state index contributed by atoms with van der Waals surface area (Å²) in [7, 11) is 0. The fourth-order valence-corrected chi connectivity index (χ4v) is 4.70. The van der Waals surface area contributed by atoms with E-state index in [1.54, 1.807) is 0 Å². The van der Waals surface area contributed by atoms with Gasteiger partial charge in [0.1, 0.15) is 6.61 Å². The molecular formula is C20H18Cl3NO4S. The highest BCUT2D eigenvalue weighted by Gasteiger charge is 2.45. The van der Waals surface area contributed by atoms with Gasteiger partial charge in [-0.2, -0.15) is 11.8 Å². The van der Waals surface area contributed by atoms with Crippen LogP contribution in [0.1, 0.15) is 17.0 Å². The van der Waals surface area contributed by atoms with Gasteiger partial charge in [-0.25, -0.2) is 9.59 Å². The zero-order valence-electron chi connectivity index (χ0n) is 15.1. The third kappa shape index (κ3) is 4.84. The second kappa shape index (κ2) is 8.74. The third-order valence-corrected chi connectivity index (χ3v) is 6.25. The number of hydrogen-bond acceptors (Lipinski definition) is 5. The van der Waals surface area contributed by atoms with E-state index in [0.717, 1.165) is 22.3 Å². The maximum Gasteiger partial charge on any atom is 0.338 e. The average molecular weight is 475 g/mol. The molecule has 3 rings (SSSR count). The Morgan fingerprint density at radius 3 is 2.03 bits per heavy atom. The topological polar surface area (TPSA) is 89.6 Å². The van der Waals surface area contributed by atoms with E-state index in [0.29, 0.717) is 5.75 Å². The standard InChI is InChI=1S/C20H18Cl3NO4S/c21-20(22,23)10-28-18(27)19(24,17(25)26)11-29-9-16-14-7-3-1-5-12(14)13-6-2-4-8-15(13)16/h1-8,16H,9-11,24H2,(H,25,26)/t19-/m0/s1. The van der Waals surface area contributed by atoms with Crippen LogP contribution in [-0.2, 0) is 14.3 Å². The fourth-order valence-electron chi connectivity index (χ4n) is 3.26. The van der Waals surface area contributed by atoms with Crippen molar-refractivity contribution in [2.45, 2.75) is 15.2 Å². The van der Waals surface area contributed by atoms with E-state index in [9.17, 15) is 14.7 Å². The summed E-state index contributed by atoms with van der Waals surface area (Å²) in [6.07, 6.45) is 0. The van der Waals surface area contributed by atoms with Crippen LogP contribution in [0.5, 0.6) is 0 Å². The molecule has 1 aliphatic rings. The molecule has 154 valence electrons. The van der Waals surface area contributed by atoms with Crippen LogP contribution in [0.25, 0.3) is 11.1 Å². The monoisotopic (exact) mass is 473 g/mol. The Morgan fingerprint density at radius 1 is 1.03 bits per heavy atom. The number of nitrogens with two attached hydrogens (primary N) is 1. The third-order valence-electron chi connectivity index (χ3n) is 4.69. The molecular weight excluding hydrogens is 457 g/mol. The Kier molecular flexibility index (Phi) is 6.70. The van der Waals surface area contributed by atoms with Crippen LogP contribution in [0.3, 0.4) is 0 Å². The van der Waals surface area contributed by atoms with Crippen molar-refractivity contribution in [3.63, 3.8) is 0 Å². The molecule has 1 atom stereocenters. The number of alkyl halides is 3.